The van der Waals surface area contributed by atoms with Crippen molar-refractivity contribution in [3.05, 3.63) is 35.9 Å². The minimum atomic E-state index is -0.611. The van der Waals surface area contributed by atoms with Crippen LogP contribution in [0.2, 0.25) is 0 Å². The lowest BCUT2D eigenvalue weighted by molar-refractivity contribution is 0.249. The molecule has 0 spiro atoms. The number of nitrogens with two attached hydrogens (primary N) is 1. The van der Waals surface area contributed by atoms with Crippen LogP contribution in [0.5, 0.6) is 0 Å². The van der Waals surface area contributed by atoms with E-state index >= 15 is 0 Å². The first kappa shape index (κ1) is 11.6. The highest BCUT2D eigenvalue weighted by Gasteiger charge is 2.37. The SMILES string of the molecule is C[C@@]1(c2ccccc2)CCC/C1=N/NC(N)=O. The molecule has 2 rings (SSSR count). The van der Waals surface area contributed by atoms with Crippen LogP contribution in [0.25, 0.3) is 0 Å². The van der Waals surface area contributed by atoms with Gasteiger partial charge in [0, 0.05) is 11.1 Å². The predicted molar refractivity (Wildman–Crippen MR) is 67.8 cm³/mol. The van der Waals surface area contributed by atoms with E-state index < -0.39 is 6.03 Å². The van der Waals surface area contributed by atoms with Crippen LogP contribution in [-0.4, -0.2) is 11.7 Å². The zero-order chi connectivity index (χ0) is 12.3. The summed E-state index contributed by atoms with van der Waals surface area (Å²) in [6.45, 7) is 2.16. The number of urea groups is 1. The molecule has 0 unspecified atom stereocenters. The van der Waals surface area contributed by atoms with E-state index in [2.05, 4.69) is 29.6 Å². The largest absolute Gasteiger partial charge is 0.350 e. The number of nitrogens with zero attached hydrogens (tertiary/aromatic N) is 1. The number of hydrazone groups is 1. The molecule has 4 heteroatoms. The number of benzene rings is 1. The summed E-state index contributed by atoms with van der Waals surface area (Å²) in [6, 6.07) is 9.65. The second kappa shape index (κ2) is 4.57. The lowest BCUT2D eigenvalue weighted by Crippen LogP contribution is -2.32. The van der Waals surface area contributed by atoms with Crippen LogP contribution in [0.3, 0.4) is 0 Å². The number of carbonyl (C=O) groups is 1. The molecule has 4 nitrogen and oxygen atoms in total. The summed E-state index contributed by atoms with van der Waals surface area (Å²) in [5.74, 6) is 0. The Morgan fingerprint density at radius 1 is 1.41 bits per heavy atom. The van der Waals surface area contributed by atoms with Crippen LogP contribution in [0.4, 0.5) is 4.79 Å². The van der Waals surface area contributed by atoms with Crippen molar-refractivity contribution in [2.24, 2.45) is 10.8 Å². The van der Waals surface area contributed by atoms with Crippen molar-refractivity contribution >= 4 is 11.7 Å². The fraction of sp³-hybridized carbons (Fsp3) is 0.385. The molecule has 90 valence electrons. The summed E-state index contributed by atoms with van der Waals surface area (Å²) in [5.41, 5.74) is 9.54. The van der Waals surface area contributed by atoms with E-state index in [4.69, 9.17) is 5.73 Å². The van der Waals surface area contributed by atoms with E-state index in [0.717, 1.165) is 25.0 Å². The minimum absolute atomic E-state index is 0.0797. The van der Waals surface area contributed by atoms with Gasteiger partial charge >= 0.3 is 6.03 Å². The Labute approximate surface area is 101 Å². The van der Waals surface area contributed by atoms with Crippen molar-refractivity contribution in [3.8, 4) is 0 Å². The highest BCUT2D eigenvalue weighted by atomic mass is 16.2. The average Bonchev–Trinajstić information content (AvgIpc) is 2.70. The zero-order valence-corrected chi connectivity index (χ0v) is 9.94. The predicted octanol–water partition coefficient (Wildman–Crippen LogP) is 2.15. The van der Waals surface area contributed by atoms with Gasteiger partial charge in [-0.3, -0.25) is 0 Å². The van der Waals surface area contributed by atoms with Gasteiger partial charge < -0.3 is 5.73 Å². The van der Waals surface area contributed by atoms with Gasteiger partial charge in [0.2, 0.25) is 0 Å². The molecule has 0 aliphatic heterocycles. The van der Waals surface area contributed by atoms with E-state index in [1.165, 1.54) is 5.56 Å². The summed E-state index contributed by atoms with van der Waals surface area (Å²) in [6.07, 6.45) is 3.05. The maximum atomic E-state index is 10.7. The number of primary amides is 1. The van der Waals surface area contributed by atoms with Gasteiger partial charge in [0.1, 0.15) is 0 Å². The molecule has 1 saturated carbocycles. The molecule has 0 radical (unpaired) electrons. The van der Waals surface area contributed by atoms with Crippen LogP contribution in [0, 0.1) is 0 Å². The molecule has 1 fully saturated rings. The second-order valence-corrected chi connectivity index (χ2v) is 4.59. The van der Waals surface area contributed by atoms with Gasteiger partial charge in [0.05, 0.1) is 0 Å². The van der Waals surface area contributed by atoms with Crippen molar-refractivity contribution in [3.63, 3.8) is 0 Å². The number of hydrogen-bond acceptors (Lipinski definition) is 2. The Bertz CT molecular complexity index is 441. The molecule has 0 saturated heterocycles. The van der Waals surface area contributed by atoms with Gasteiger partial charge in [-0.2, -0.15) is 5.10 Å². The van der Waals surface area contributed by atoms with Gasteiger partial charge in [-0.15, -0.1) is 0 Å². The number of carbonyl (C=O) groups excluding carboxylic acids is 1. The first-order chi connectivity index (χ1) is 8.13. The Hall–Kier alpha value is -1.84. The van der Waals surface area contributed by atoms with Crippen LogP contribution in [0.15, 0.2) is 35.4 Å². The maximum absolute atomic E-state index is 10.7. The molecule has 1 aliphatic carbocycles. The zero-order valence-electron chi connectivity index (χ0n) is 9.94. The molecular formula is C13H17N3O. The summed E-state index contributed by atoms with van der Waals surface area (Å²) in [4.78, 5) is 10.7. The first-order valence-corrected chi connectivity index (χ1v) is 5.81. The van der Waals surface area contributed by atoms with Gasteiger partial charge in [-0.1, -0.05) is 37.3 Å². The molecule has 1 aliphatic rings. The standard InChI is InChI=1S/C13H17N3O/c1-13(10-6-3-2-4-7-10)9-5-8-11(13)15-16-12(14)17/h2-4,6-7H,5,8-9H2,1H3,(H3,14,16,17)/b15-11-/t13-/m0/s1. The van der Waals surface area contributed by atoms with E-state index in [1.54, 1.807) is 0 Å². The third-order valence-corrected chi connectivity index (χ3v) is 3.44. The first-order valence-electron chi connectivity index (χ1n) is 5.81. The average molecular weight is 231 g/mol. The molecule has 0 bridgehead atoms. The lowest BCUT2D eigenvalue weighted by atomic mass is 9.80. The Kier molecular flexibility index (Phi) is 3.13. The second-order valence-electron chi connectivity index (χ2n) is 4.59. The molecule has 17 heavy (non-hydrogen) atoms. The van der Waals surface area contributed by atoms with Crippen molar-refractivity contribution in [1.82, 2.24) is 5.43 Å². The Morgan fingerprint density at radius 3 is 2.76 bits per heavy atom. The number of hydrogen-bond donors (Lipinski definition) is 2. The summed E-state index contributed by atoms with van der Waals surface area (Å²) in [5, 5.41) is 4.14. The molecule has 2 amide bonds. The van der Waals surface area contributed by atoms with Crippen molar-refractivity contribution in [1.29, 1.82) is 0 Å². The quantitative estimate of drug-likeness (QED) is 0.752. The van der Waals surface area contributed by atoms with Crippen LogP contribution in [-0.2, 0) is 5.41 Å². The van der Waals surface area contributed by atoms with Crippen molar-refractivity contribution in [2.45, 2.75) is 31.6 Å². The van der Waals surface area contributed by atoms with Crippen LogP contribution in [0.1, 0.15) is 31.7 Å². The molecule has 1 aromatic rings. The van der Waals surface area contributed by atoms with Crippen LogP contribution < -0.4 is 11.2 Å². The maximum Gasteiger partial charge on any atom is 0.332 e. The Morgan fingerprint density at radius 2 is 2.12 bits per heavy atom. The molecular weight excluding hydrogens is 214 g/mol. The van der Waals surface area contributed by atoms with E-state index in [-0.39, 0.29) is 5.41 Å². The van der Waals surface area contributed by atoms with E-state index in [9.17, 15) is 4.79 Å². The normalized spacial score (nSPS) is 26.1. The topological polar surface area (TPSA) is 67.5 Å². The summed E-state index contributed by atoms with van der Waals surface area (Å²) in [7, 11) is 0. The fourth-order valence-corrected chi connectivity index (χ4v) is 2.45. The van der Waals surface area contributed by atoms with Gasteiger partial charge in [0.15, 0.2) is 0 Å². The smallest absolute Gasteiger partial charge is 0.332 e. The minimum Gasteiger partial charge on any atom is -0.350 e. The molecule has 0 aromatic heterocycles. The molecule has 3 N–H and O–H groups in total. The number of rotatable bonds is 2. The third-order valence-electron chi connectivity index (χ3n) is 3.44. The molecule has 1 atom stereocenters. The third kappa shape index (κ3) is 2.30. The fourth-order valence-electron chi connectivity index (χ4n) is 2.45. The summed E-state index contributed by atoms with van der Waals surface area (Å²) < 4.78 is 0. The van der Waals surface area contributed by atoms with Gasteiger partial charge in [-0.05, 0) is 24.8 Å². The summed E-state index contributed by atoms with van der Waals surface area (Å²) >= 11 is 0. The Balaban J connectivity index is 2.29. The molecule has 0 heterocycles. The van der Waals surface area contributed by atoms with Gasteiger partial charge in [-0.25, -0.2) is 10.2 Å². The highest BCUT2D eigenvalue weighted by molar-refractivity contribution is 5.97. The van der Waals surface area contributed by atoms with E-state index in [1.807, 2.05) is 18.2 Å². The van der Waals surface area contributed by atoms with Crippen molar-refractivity contribution in [2.75, 3.05) is 0 Å². The number of amides is 2. The van der Waals surface area contributed by atoms with Crippen molar-refractivity contribution < 1.29 is 4.79 Å². The van der Waals surface area contributed by atoms with E-state index in [0.29, 0.717) is 0 Å². The van der Waals surface area contributed by atoms with Crippen LogP contribution >= 0.6 is 0 Å². The monoisotopic (exact) mass is 231 g/mol. The number of nitrogens with one attached hydrogen (secondary N) is 1. The highest BCUT2D eigenvalue weighted by Crippen LogP contribution is 2.38. The van der Waals surface area contributed by atoms with Gasteiger partial charge in [0.25, 0.3) is 0 Å². The molecule has 1 aromatic carbocycles. The lowest BCUT2D eigenvalue weighted by Gasteiger charge is -2.25.